The van der Waals surface area contributed by atoms with Gasteiger partial charge in [-0.1, -0.05) is 13.3 Å². The van der Waals surface area contributed by atoms with Crippen molar-refractivity contribution in [2.45, 2.75) is 32.6 Å². The van der Waals surface area contributed by atoms with Crippen LogP contribution in [0.5, 0.6) is 0 Å². The summed E-state index contributed by atoms with van der Waals surface area (Å²) in [6, 6.07) is 0. The summed E-state index contributed by atoms with van der Waals surface area (Å²) in [5, 5.41) is 17.1. The van der Waals surface area contributed by atoms with E-state index in [0.29, 0.717) is 12.8 Å². The zero-order valence-electron chi connectivity index (χ0n) is 9.44. The van der Waals surface area contributed by atoms with Gasteiger partial charge in [0.2, 0.25) is 0 Å². The molecule has 0 spiro atoms. The first kappa shape index (κ1) is 14.6. The molecule has 0 unspecified atom stereocenters. The minimum absolute atomic E-state index is 0.0553. The van der Waals surface area contributed by atoms with Crippen LogP contribution in [-0.4, -0.2) is 35.4 Å². The molecule has 92 valence electrons. The summed E-state index contributed by atoms with van der Waals surface area (Å²) in [7, 11) is 0. The molecule has 0 aromatic carbocycles. The van der Waals surface area contributed by atoms with E-state index in [9.17, 15) is 9.59 Å². The maximum Gasteiger partial charge on any atom is 0.334 e. The van der Waals surface area contributed by atoms with Crippen molar-refractivity contribution in [3.8, 4) is 0 Å². The van der Waals surface area contributed by atoms with Crippen LogP contribution in [-0.2, 0) is 14.3 Å². The number of carboxylic acid groups (broad SMARTS) is 1. The van der Waals surface area contributed by atoms with E-state index in [0.717, 1.165) is 18.9 Å². The Kier molecular flexibility index (Phi) is 8.15. The number of hydrogen-bond acceptors (Lipinski definition) is 4. The van der Waals surface area contributed by atoms with Gasteiger partial charge in [-0.2, -0.15) is 0 Å². The molecule has 0 radical (unpaired) electrons. The number of aliphatic hydroxyl groups excluding tert-OH is 1. The molecular weight excluding hydrogens is 212 g/mol. The number of rotatable bonds is 8. The van der Waals surface area contributed by atoms with Crippen LogP contribution in [0.25, 0.3) is 0 Å². The lowest BCUT2D eigenvalue weighted by Crippen LogP contribution is -2.11. The average Bonchev–Trinajstić information content (AvgIpc) is 2.23. The highest BCUT2D eigenvalue weighted by atomic mass is 16.5. The molecular formula is C11H18O5. The molecule has 0 saturated heterocycles. The maximum atomic E-state index is 11.4. The van der Waals surface area contributed by atoms with Crippen molar-refractivity contribution >= 4 is 11.9 Å². The SMILES string of the molecule is CCCCC(=CC(=O)O)C(=O)OCCCO. The first-order valence-electron chi connectivity index (χ1n) is 5.33. The van der Waals surface area contributed by atoms with Gasteiger partial charge >= 0.3 is 11.9 Å². The number of ether oxygens (including phenoxy) is 1. The van der Waals surface area contributed by atoms with Gasteiger partial charge < -0.3 is 14.9 Å². The lowest BCUT2D eigenvalue weighted by molar-refractivity contribution is -0.140. The van der Waals surface area contributed by atoms with Crippen LogP contribution in [0.1, 0.15) is 32.6 Å². The van der Waals surface area contributed by atoms with Crippen LogP contribution in [0, 0.1) is 0 Å². The molecule has 0 rings (SSSR count). The van der Waals surface area contributed by atoms with Gasteiger partial charge in [0.05, 0.1) is 6.61 Å². The smallest absolute Gasteiger partial charge is 0.334 e. The fraction of sp³-hybridized carbons (Fsp3) is 0.636. The molecule has 5 heteroatoms. The molecule has 0 aliphatic heterocycles. The zero-order valence-corrected chi connectivity index (χ0v) is 9.44. The number of hydrogen-bond donors (Lipinski definition) is 2. The Hall–Kier alpha value is -1.36. The molecule has 16 heavy (non-hydrogen) atoms. The van der Waals surface area contributed by atoms with Gasteiger partial charge in [0.25, 0.3) is 0 Å². The molecule has 0 aliphatic rings. The summed E-state index contributed by atoms with van der Waals surface area (Å²) < 4.78 is 4.81. The summed E-state index contributed by atoms with van der Waals surface area (Å²) in [5.41, 5.74) is 0.173. The van der Waals surface area contributed by atoms with Crippen molar-refractivity contribution in [2.24, 2.45) is 0 Å². The van der Waals surface area contributed by atoms with E-state index in [1.54, 1.807) is 0 Å². The van der Waals surface area contributed by atoms with Crippen molar-refractivity contribution in [3.05, 3.63) is 11.6 Å². The van der Waals surface area contributed by atoms with E-state index in [2.05, 4.69) is 0 Å². The van der Waals surface area contributed by atoms with E-state index in [1.807, 2.05) is 6.92 Å². The number of aliphatic carboxylic acids is 1. The minimum atomic E-state index is -1.15. The Balaban J connectivity index is 4.27. The van der Waals surface area contributed by atoms with Gasteiger partial charge in [-0.3, -0.25) is 0 Å². The maximum absolute atomic E-state index is 11.4. The van der Waals surface area contributed by atoms with Crippen LogP contribution in [0.4, 0.5) is 0 Å². The number of carbonyl (C=O) groups is 2. The van der Waals surface area contributed by atoms with Crippen LogP contribution >= 0.6 is 0 Å². The van der Waals surface area contributed by atoms with E-state index >= 15 is 0 Å². The third kappa shape index (κ3) is 7.00. The van der Waals surface area contributed by atoms with Crippen LogP contribution in [0.15, 0.2) is 11.6 Å². The van der Waals surface area contributed by atoms with Crippen molar-refractivity contribution in [1.82, 2.24) is 0 Å². The van der Waals surface area contributed by atoms with Crippen molar-refractivity contribution in [2.75, 3.05) is 13.2 Å². The summed E-state index contributed by atoms with van der Waals surface area (Å²) in [6.07, 6.45) is 3.27. The van der Waals surface area contributed by atoms with Crippen LogP contribution in [0.2, 0.25) is 0 Å². The molecule has 5 nitrogen and oxygen atoms in total. The Morgan fingerprint density at radius 3 is 2.50 bits per heavy atom. The monoisotopic (exact) mass is 230 g/mol. The predicted molar refractivity (Wildman–Crippen MR) is 57.9 cm³/mol. The summed E-state index contributed by atoms with van der Waals surface area (Å²) >= 11 is 0. The summed E-state index contributed by atoms with van der Waals surface area (Å²) in [6.45, 7) is 2.01. The molecule has 0 saturated carbocycles. The molecule has 0 aromatic rings. The van der Waals surface area contributed by atoms with E-state index in [1.165, 1.54) is 0 Å². The lowest BCUT2D eigenvalue weighted by atomic mass is 10.1. The second-order valence-electron chi connectivity index (χ2n) is 3.32. The van der Waals surface area contributed by atoms with Crippen molar-refractivity contribution in [3.63, 3.8) is 0 Å². The first-order chi connectivity index (χ1) is 7.61. The lowest BCUT2D eigenvalue weighted by Gasteiger charge is -2.06. The largest absolute Gasteiger partial charge is 0.478 e. The van der Waals surface area contributed by atoms with E-state index < -0.39 is 11.9 Å². The van der Waals surface area contributed by atoms with Gasteiger partial charge in [0.1, 0.15) is 0 Å². The van der Waals surface area contributed by atoms with Crippen molar-refractivity contribution in [1.29, 1.82) is 0 Å². The van der Waals surface area contributed by atoms with Gasteiger partial charge in [-0.15, -0.1) is 0 Å². The van der Waals surface area contributed by atoms with Gasteiger partial charge in [-0.25, -0.2) is 9.59 Å². The Morgan fingerprint density at radius 1 is 1.31 bits per heavy atom. The standard InChI is InChI=1S/C11H18O5/c1-2-3-5-9(8-10(13)14)11(15)16-7-4-6-12/h8,12H,2-7H2,1H3,(H,13,14). The molecule has 0 fully saturated rings. The number of carboxylic acids is 1. The van der Waals surface area contributed by atoms with Gasteiger partial charge in [0.15, 0.2) is 0 Å². The number of unbranched alkanes of at least 4 members (excludes halogenated alkanes) is 1. The second kappa shape index (κ2) is 8.91. The van der Waals surface area contributed by atoms with Crippen LogP contribution in [0.3, 0.4) is 0 Å². The first-order valence-corrected chi connectivity index (χ1v) is 5.33. The molecule has 0 aliphatic carbocycles. The topological polar surface area (TPSA) is 83.8 Å². The molecule has 0 amide bonds. The molecule has 0 heterocycles. The summed E-state index contributed by atoms with van der Waals surface area (Å²) in [5.74, 6) is -1.76. The Labute approximate surface area is 94.7 Å². The normalized spacial score (nSPS) is 11.2. The third-order valence-electron chi connectivity index (χ3n) is 1.90. The average molecular weight is 230 g/mol. The number of aliphatic hydroxyl groups is 1. The van der Waals surface area contributed by atoms with Gasteiger partial charge in [-0.05, 0) is 12.8 Å². The second-order valence-corrected chi connectivity index (χ2v) is 3.32. The molecule has 0 bridgehead atoms. The fourth-order valence-electron chi connectivity index (χ4n) is 1.07. The quantitative estimate of drug-likeness (QED) is 0.371. The third-order valence-corrected chi connectivity index (χ3v) is 1.90. The number of esters is 1. The van der Waals surface area contributed by atoms with E-state index in [4.69, 9.17) is 14.9 Å². The van der Waals surface area contributed by atoms with E-state index in [-0.39, 0.29) is 18.8 Å². The minimum Gasteiger partial charge on any atom is -0.478 e. The molecule has 0 atom stereocenters. The van der Waals surface area contributed by atoms with Gasteiger partial charge in [0, 0.05) is 24.7 Å². The molecule has 0 aromatic heterocycles. The van der Waals surface area contributed by atoms with Crippen molar-refractivity contribution < 1.29 is 24.5 Å². The Morgan fingerprint density at radius 2 is 2.00 bits per heavy atom. The highest BCUT2D eigenvalue weighted by Gasteiger charge is 2.12. The predicted octanol–water partition coefficient (Wildman–Crippen LogP) is 1.11. The zero-order chi connectivity index (χ0) is 12.4. The van der Waals surface area contributed by atoms with Crippen LogP contribution < -0.4 is 0 Å². The Bertz CT molecular complexity index is 257. The highest BCUT2D eigenvalue weighted by Crippen LogP contribution is 2.09. The molecule has 2 N–H and O–H groups in total. The number of carbonyl (C=O) groups excluding carboxylic acids is 1. The fourth-order valence-corrected chi connectivity index (χ4v) is 1.07. The summed E-state index contributed by atoms with van der Waals surface area (Å²) in [4.78, 5) is 21.9. The highest BCUT2D eigenvalue weighted by molar-refractivity contribution is 5.95.